The number of phenols is 1. The van der Waals surface area contributed by atoms with Gasteiger partial charge in [0, 0.05) is 109 Å². The van der Waals surface area contributed by atoms with Crippen LogP contribution in [-0.2, 0) is 54.1 Å². The molecule has 0 aliphatic carbocycles. The molecule has 2 aliphatic heterocycles. The number of non-ortho nitro benzene ring substituents is 1. The third kappa shape index (κ3) is 34.0. The van der Waals surface area contributed by atoms with E-state index in [2.05, 4.69) is 33.2 Å². The number of benzene rings is 2. The number of unbranched alkanes of at least 4 members (excludes halogenated alkanes) is 7. The Bertz CT molecular complexity index is 3150. The number of aryl methyl sites for hydroxylation is 1. The van der Waals surface area contributed by atoms with Crippen molar-refractivity contribution in [2.24, 2.45) is 29.2 Å². The summed E-state index contributed by atoms with van der Waals surface area (Å²) in [5, 5.41) is 83.5. The van der Waals surface area contributed by atoms with Crippen LogP contribution in [-0.4, -0.2) is 178 Å². The van der Waals surface area contributed by atoms with Crippen molar-refractivity contribution >= 4 is 75.6 Å². The van der Waals surface area contributed by atoms with Crippen LogP contribution in [0.3, 0.4) is 0 Å². The molecule has 2 fully saturated rings. The average Bonchev–Trinajstić information content (AvgIpc) is 1.70. The Kier molecular flexibility index (Phi) is 41.4. The van der Waals surface area contributed by atoms with Gasteiger partial charge >= 0.3 is 6.03 Å². The molecule has 4 rings (SSSR count). The minimum atomic E-state index is -1.50. The number of anilines is 1. The summed E-state index contributed by atoms with van der Waals surface area (Å²) in [6.07, 6.45) is 10.7. The van der Waals surface area contributed by atoms with E-state index in [0.717, 1.165) is 73.6 Å². The van der Waals surface area contributed by atoms with Gasteiger partial charge < -0.3 is 62.1 Å². The van der Waals surface area contributed by atoms with Crippen LogP contribution < -0.4 is 38.1 Å². The second-order valence-electron chi connectivity index (χ2n) is 25.6. The van der Waals surface area contributed by atoms with Crippen molar-refractivity contribution in [3.63, 3.8) is 0 Å². The molecule has 572 valence electrons. The van der Waals surface area contributed by atoms with Gasteiger partial charge in [0.25, 0.3) is 17.1 Å². The maximum absolute atomic E-state index is 14.3. The van der Waals surface area contributed by atoms with E-state index >= 15 is 0 Å². The Labute approximate surface area is 602 Å². The van der Waals surface area contributed by atoms with E-state index in [9.17, 15) is 89.2 Å². The van der Waals surface area contributed by atoms with E-state index < -0.39 is 83.9 Å². The number of hydrogen-bond donors (Lipinski definition) is 8. The van der Waals surface area contributed by atoms with Gasteiger partial charge in [-0.05, 0) is 115 Å². The number of rotatable bonds is 61. The van der Waals surface area contributed by atoms with Crippen molar-refractivity contribution in [2.45, 2.75) is 196 Å². The number of nitro groups is 5. The number of nitrogens with two attached hydrogens (primary N) is 2. The fourth-order valence-corrected chi connectivity index (χ4v) is 13.8. The Morgan fingerprint density at radius 1 is 0.660 bits per heavy atom. The smallest absolute Gasteiger partial charge is 0.315 e. The first-order chi connectivity index (χ1) is 49.4. The SMILES string of the molecule is C=CC(C(/C=C/[N+](=O)[O-])CC(CCCCN)C(=O)NC(CCCCNC(=O)C(CCCCCc1cc([N+](=O)[O-])ccc1[N+](=O)[O-])Nc1cc(O)ccc1[N+](=O)[O-])C(=O)CCCCCC(CC(=O)CCOCCOCCOCCOCCCC(=O)CCCCC1SC[C@H]2NC(=O)N[C@@H]12)C(N)=O)[N+](=O)[O-]. The van der Waals surface area contributed by atoms with E-state index in [-0.39, 0.29) is 167 Å². The van der Waals surface area contributed by atoms with Crippen LogP contribution >= 0.6 is 11.8 Å². The van der Waals surface area contributed by atoms with Crippen molar-refractivity contribution in [3.05, 3.63) is 117 Å². The summed E-state index contributed by atoms with van der Waals surface area (Å²) in [6.45, 7) is 6.19. The molecule has 0 aromatic heterocycles. The highest BCUT2D eigenvalue weighted by Crippen LogP contribution is 2.34. The summed E-state index contributed by atoms with van der Waals surface area (Å²) in [6, 6.07) is 2.98. The van der Waals surface area contributed by atoms with E-state index in [1.807, 2.05) is 11.8 Å². The van der Waals surface area contributed by atoms with Gasteiger partial charge in [0.1, 0.15) is 29.0 Å². The van der Waals surface area contributed by atoms with Gasteiger partial charge in [-0.3, -0.25) is 79.3 Å². The van der Waals surface area contributed by atoms with Gasteiger partial charge in [-0.25, -0.2) is 4.79 Å². The molecule has 2 heterocycles. The van der Waals surface area contributed by atoms with Crippen molar-refractivity contribution in [2.75, 3.05) is 77.0 Å². The lowest BCUT2D eigenvalue weighted by atomic mass is 9.85. The number of Topliss-reactive ketones (excluding diaryl/α,β-unsaturated/α-hetero) is 3. The van der Waals surface area contributed by atoms with Gasteiger partial charge in [0.05, 0.1) is 90.0 Å². The predicted molar refractivity (Wildman–Crippen MR) is 381 cm³/mol. The quantitative estimate of drug-likeness (QED) is 0.0102. The molecule has 10 N–H and O–H groups in total. The number of carbonyl (C=O) groups is 7. The monoisotopic (exact) mass is 1470 g/mol. The van der Waals surface area contributed by atoms with Gasteiger partial charge in [-0.15, -0.1) is 0 Å². The van der Waals surface area contributed by atoms with Crippen LogP contribution in [0.4, 0.5) is 27.5 Å². The second kappa shape index (κ2) is 49.1. The molecule has 2 saturated heterocycles. The zero-order chi connectivity index (χ0) is 75.5. The largest absolute Gasteiger partial charge is 0.508 e. The molecule has 7 unspecified atom stereocenters. The van der Waals surface area contributed by atoms with Crippen LogP contribution in [0, 0.1) is 68.3 Å². The maximum Gasteiger partial charge on any atom is 0.315 e. The summed E-state index contributed by atoms with van der Waals surface area (Å²) in [5.74, 6) is -4.65. The average molecular weight is 1470 g/mol. The number of thioether (sulfide) groups is 1. The van der Waals surface area contributed by atoms with Gasteiger partial charge in [0.15, 0.2) is 5.78 Å². The van der Waals surface area contributed by atoms with Crippen LogP contribution in [0.5, 0.6) is 5.75 Å². The van der Waals surface area contributed by atoms with Gasteiger partial charge in [-0.2, -0.15) is 11.8 Å². The van der Waals surface area contributed by atoms with Crippen molar-refractivity contribution < 1.29 is 82.2 Å². The minimum Gasteiger partial charge on any atom is -0.508 e. The number of carbonyl (C=O) groups excluding carboxylic acids is 7. The van der Waals surface area contributed by atoms with Crippen LogP contribution in [0.15, 0.2) is 61.3 Å². The second-order valence-corrected chi connectivity index (χ2v) is 26.8. The van der Waals surface area contributed by atoms with Crippen LogP contribution in [0.2, 0.25) is 0 Å². The third-order valence-electron chi connectivity index (χ3n) is 17.8. The lowest BCUT2D eigenvalue weighted by Crippen LogP contribution is -2.44. The van der Waals surface area contributed by atoms with Crippen molar-refractivity contribution in [1.29, 1.82) is 0 Å². The fraction of sp³-hybridized carbons (Fsp3) is 0.662. The highest BCUT2D eigenvalue weighted by molar-refractivity contribution is 8.00. The lowest BCUT2D eigenvalue weighted by molar-refractivity contribution is -0.516. The molecule has 5 amide bonds. The molecule has 0 bridgehead atoms. The standard InChI is InChI=1S/C68H102N12O22S/c1-2-59(78(93)94)48(29-33-76(89)90)42-50(18-11-13-31-69)66(86)73-55(21-12-14-32-71-67(87)56(72-57-45-53(82)26-28-61(57)80(97)98)22-7-3-5-16-47-43-51(77(91)92)25-27-60(47)79(95)96)62(84)23-8-4-6-17-49(65(70)85)44-54(83)30-35-100-37-39-102-41-40-101-38-36-99-34-15-20-52(81)19-9-10-24-63-64-58(46-103-63)74-68(88)75-64/h2,25-29,33,43,45,48-50,55-56,58-59,63-64,72,82H,1,3-24,30-32,34-42,44,46,69H2,(H2,70,85)(H,71,87)(H,73,86)(H2,74,75,88)/b33-29+/t48?,49?,50?,55?,56?,58-,59?,63?,64-/m1/s1. The van der Waals surface area contributed by atoms with Gasteiger partial charge in [0.2, 0.25) is 30.0 Å². The number of phenolic OH excluding ortho intramolecular Hbond substituents is 1. The molecule has 34 nitrogen and oxygen atoms in total. The van der Waals surface area contributed by atoms with Crippen LogP contribution in [0.25, 0.3) is 0 Å². The number of amides is 5. The van der Waals surface area contributed by atoms with E-state index in [1.54, 1.807) is 0 Å². The summed E-state index contributed by atoms with van der Waals surface area (Å²) in [4.78, 5) is 147. The lowest BCUT2D eigenvalue weighted by Gasteiger charge is -2.25. The van der Waals surface area contributed by atoms with Crippen LogP contribution in [0.1, 0.15) is 160 Å². The van der Waals surface area contributed by atoms with Crippen molar-refractivity contribution in [3.8, 4) is 5.75 Å². The summed E-state index contributed by atoms with van der Waals surface area (Å²) in [7, 11) is 0. The molecule has 9 atom stereocenters. The van der Waals surface area contributed by atoms with Gasteiger partial charge in [-0.1, -0.05) is 45.1 Å². The number of urea groups is 1. The molecule has 103 heavy (non-hydrogen) atoms. The number of ether oxygens (including phenoxy) is 4. The molecule has 0 saturated carbocycles. The zero-order valence-corrected chi connectivity index (χ0v) is 59.2. The topological polar surface area (TPSA) is 505 Å². The van der Waals surface area contributed by atoms with E-state index in [0.29, 0.717) is 115 Å². The first-order valence-corrected chi connectivity index (χ1v) is 36.3. The molecule has 2 aromatic rings. The summed E-state index contributed by atoms with van der Waals surface area (Å²) < 4.78 is 22.2. The summed E-state index contributed by atoms with van der Waals surface area (Å²) in [5.41, 5.74) is 10.4. The molecular formula is C68H102N12O22S. The maximum atomic E-state index is 14.3. The Balaban J connectivity index is 1.24. The third-order valence-corrected chi connectivity index (χ3v) is 19.3. The Morgan fingerprint density at radius 2 is 1.28 bits per heavy atom. The number of nitrogens with zero attached hydrogens (tertiary/aromatic N) is 5. The highest BCUT2D eigenvalue weighted by Gasteiger charge is 2.43. The minimum absolute atomic E-state index is 0.00215. The van der Waals surface area contributed by atoms with Crippen molar-refractivity contribution in [1.82, 2.24) is 21.3 Å². The first kappa shape index (κ1) is 86.8. The van der Waals surface area contributed by atoms with E-state index in [1.165, 1.54) is 0 Å². The molecule has 0 spiro atoms. The Morgan fingerprint density at radius 3 is 1.94 bits per heavy atom. The summed E-state index contributed by atoms with van der Waals surface area (Å²) >= 11 is 1.87. The first-order valence-electron chi connectivity index (χ1n) is 35.3. The molecule has 35 heteroatoms. The predicted octanol–water partition coefficient (Wildman–Crippen LogP) is 7.96. The number of fused-ring (bicyclic) bond motifs is 1. The number of nitrogens with one attached hydrogen (secondary N) is 5. The normalized spacial score (nSPS) is 16.4. The fourth-order valence-electron chi connectivity index (χ4n) is 12.2. The number of aromatic hydroxyl groups is 1. The molecule has 2 aliphatic rings. The molecule has 2 aromatic carbocycles. The Hall–Kier alpha value is -8.64. The number of hydrogen-bond acceptors (Lipinski definition) is 25. The molecule has 0 radical (unpaired) electrons. The van der Waals surface area contributed by atoms with E-state index in [4.69, 9.17) is 30.4 Å². The molecular weight excluding hydrogens is 1370 g/mol. The zero-order valence-electron chi connectivity index (χ0n) is 58.4. The number of nitro benzene ring substituents is 3. The number of primary amides is 1. The number of ketones is 3. The highest BCUT2D eigenvalue weighted by atomic mass is 32.2.